The average Bonchev–Trinajstić information content (AvgIpc) is 2.82. The van der Waals surface area contributed by atoms with Crippen LogP contribution in [0.3, 0.4) is 0 Å². The predicted molar refractivity (Wildman–Crippen MR) is 130 cm³/mol. The molecule has 1 fully saturated rings. The van der Waals surface area contributed by atoms with Crippen LogP contribution in [-0.4, -0.2) is 70.8 Å². The second-order valence-corrected chi connectivity index (χ2v) is 9.42. The molecule has 0 spiro atoms. The fraction of sp³-hybridized carbons (Fsp3) is 0.423. The van der Waals surface area contributed by atoms with Crippen LogP contribution in [0.4, 0.5) is 9.59 Å². The molecule has 3 amide bonds. The van der Waals surface area contributed by atoms with Gasteiger partial charge in [-0.15, -0.1) is 0 Å². The summed E-state index contributed by atoms with van der Waals surface area (Å²) in [6.45, 7) is 6.74. The third-order valence-corrected chi connectivity index (χ3v) is 5.42. The van der Waals surface area contributed by atoms with Crippen molar-refractivity contribution in [1.82, 2.24) is 15.1 Å². The molecular formula is C26H33N3O6. The summed E-state index contributed by atoms with van der Waals surface area (Å²) >= 11 is 0. The number of rotatable bonds is 6. The number of phenols is 1. The Morgan fingerprint density at radius 2 is 1.51 bits per heavy atom. The number of hydrogen-bond acceptors (Lipinski definition) is 6. The minimum atomic E-state index is -0.856. The van der Waals surface area contributed by atoms with Crippen molar-refractivity contribution in [2.75, 3.05) is 26.2 Å². The molecule has 1 saturated heterocycles. The first-order chi connectivity index (χ1) is 16.6. The van der Waals surface area contributed by atoms with Gasteiger partial charge < -0.3 is 29.7 Å². The number of phenolic OH excluding ortho intramolecular Hbond substituents is 1. The lowest BCUT2D eigenvalue weighted by Gasteiger charge is -2.36. The van der Waals surface area contributed by atoms with E-state index < -0.39 is 23.8 Å². The summed E-state index contributed by atoms with van der Waals surface area (Å²) in [5, 5.41) is 12.2. The number of aromatic hydroxyl groups is 1. The second kappa shape index (κ2) is 11.6. The van der Waals surface area contributed by atoms with E-state index in [0.29, 0.717) is 26.2 Å². The van der Waals surface area contributed by atoms with E-state index >= 15 is 0 Å². The molecule has 2 aromatic rings. The molecule has 0 bridgehead atoms. The van der Waals surface area contributed by atoms with Gasteiger partial charge in [-0.1, -0.05) is 42.5 Å². The largest absolute Gasteiger partial charge is 0.508 e. The van der Waals surface area contributed by atoms with E-state index in [2.05, 4.69) is 5.32 Å². The van der Waals surface area contributed by atoms with Gasteiger partial charge >= 0.3 is 12.2 Å². The summed E-state index contributed by atoms with van der Waals surface area (Å²) in [4.78, 5) is 41.4. The number of nitrogens with zero attached hydrogens (tertiary/aromatic N) is 2. The van der Waals surface area contributed by atoms with Crippen molar-refractivity contribution in [3.63, 3.8) is 0 Å². The number of hydrogen-bond donors (Lipinski definition) is 2. The molecule has 188 valence electrons. The van der Waals surface area contributed by atoms with Gasteiger partial charge in [-0.3, -0.25) is 4.79 Å². The van der Waals surface area contributed by atoms with Gasteiger partial charge in [0.25, 0.3) is 0 Å². The zero-order chi connectivity index (χ0) is 25.4. The molecule has 0 aromatic heterocycles. The van der Waals surface area contributed by atoms with E-state index in [1.165, 1.54) is 12.1 Å². The van der Waals surface area contributed by atoms with Gasteiger partial charge in [0.1, 0.15) is 24.0 Å². The zero-order valence-electron chi connectivity index (χ0n) is 20.4. The van der Waals surface area contributed by atoms with E-state index in [1.807, 2.05) is 30.3 Å². The Balaban J connectivity index is 1.58. The van der Waals surface area contributed by atoms with Crippen LogP contribution in [0.2, 0.25) is 0 Å². The van der Waals surface area contributed by atoms with Crippen LogP contribution >= 0.6 is 0 Å². The average molecular weight is 484 g/mol. The first-order valence-electron chi connectivity index (χ1n) is 11.6. The van der Waals surface area contributed by atoms with Crippen LogP contribution in [0.15, 0.2) is 54.6 Å². The second-order valence-electron chi connectivity index (χ2n) is 9.42. The van der Waals surface area contributed by atoms with Crippen molar-refractivity contribution in [1.29, 1.82) is 0 Å². The quantitative estimate of drug-likeness (QED) is 0.653. The number of alkyl carbamates (subject to hydrolysis) is 1. The van der Waals surface area contributed by atoms with E-state index in [-0.39, 0.29) is 24.7 Å². The maximum atomic E-state index is 13.3. The molecule has 0 unspecified atom stereocenters. The van der Waals surface area contributed by atoms with Crippen molar-refractivity contribution in [2.24, 2.45) is 0 Å². The Morgan fingerprint density at radius 1 is 0.914 bits per heavy atom. The molecule has 0 aliphatic carbocycles. The van der Waals surface area contributed by atoms with Gasteiger partial charge in [-0.2, -0.15) is 0 Å². The predicted octanol–water partition coefficient (Wildman–Crippen LogP) is 3.31. The van der Waals surface area contributed by atoms with E-state index in [9.17, 15) is 19.5 Å². The topological polar surface area (TPSA) is 108 Å². The van der Waals surface area contributed by atoms with Gasteiger partial charge in [-0.05, 0) is 44.0 Å². The van der Waals surface area contributed by atoms with Crippen LogP contribution in [-0.2, 0) is 27.3 Å². The summed E-state index contributed by atoms with van der Waals surface area (Å²) in [6.07, 6.45) is -0.872. The molecule has 3 rings (SSSR count). The molecule has 1 aliphatic heterocycles. The van der Waals surface area contributed by atoms with Crippen molar-refractivity contribution < 1.29 is 29.0 Å². The van der Waals surface area contributed by atoms with Crippen molar-refractivity contribution in [2.45, 2.75) is 45.4 Å². The maximum Gasteiger partial charge on any atom is 0.410 e. The zero-order valence-corrected chi connectivity index (χ0v) is 20.4. The number of piperazine rings is 1. The third kappa shape index (κ3) is 8.20. The molecule has 0 saturated carbocycles. The van der Waals surface area contributed by atoms with E-state index in [1.54, 1.807) is 42.7 Å². The Kier molecular flexibility index (Phi) is 8.57. The molecule has 2 aromatic carbocycles. The molecule has 1 atom stereocenters. The number of benzene rings is 2. The van der Waals surface area contributed by atoms with Crippen LogP contribution in [0.1, 0.15) is 31.9 Å². The van der Waals surface area contributed by atoms with Gasteiger partial charge in [-0.25, -0.2) is 9.59 Å². The maximum absolute atomic E-state index is 13.3. The molecule has 2 N–H and O–H groups in total. The van der Waals surface area contributed by atoms with Crippen molar-refractivity contribution >= 4 is 18.1 Å². The van der Waals surface area contributed by atoms with Crippen molar-refractivity contribution in [3.8, 4) is 5.75 Å². The lowest BCUT2D eigenvalue weighted by atomic mass is 10.0. The Bertz CT molecular complexity index is 996. The summed E-state index contributed by atoms with van der Waals surface area (Å²) in [5.74, 6) is -0.145. The summed E-state index contributed by atoms with van der Waals surface area (Å²) in [5.41, 5.74) is 0.974. The number of carbonyl (C=O) groups is 3. The summed E-state index contributed by atoms with van der Waals surface area (Å²) in [6, 6.07) is 15.0. The number of ether oxygens (including phenoxy) is 2. The van der Waals surface area contributed by atoms with Crippen LogP contribution in [0, 0.1) is 0 Å². The molecular weight excluding hydrogens is 450 g/mol. The van der Waals surface area contributed by atoms with Gasteiger partial charge in [0, 0.05) is 32.6 Å². The van der Waals surface area contributed by atoms with Crippen LogP contribution in [0.25, 0.3) is 0 Å². The van der Waals surface area contributed by atoms with Crippen LogP contribution < -0.4 is 5.32 Å². The molecule has 9 nitrogen and oxygen atoms in total. The Hall–Kier alpha value is -3.75. The molecule has 9 heteroatoms. The fourth-order valence-electron chi connectivity index (χ4n) is 3.66. The first kappa shape index (κ1) is 25.9. The highest BCUT2D eigenvalue weighted by molar-refractivity contribution is 5.86. The highest BCUT2D eigenvalue weighted by Gasteiger charge is 2.31. The lowest BCUT2D eigenvalue weighted by Crippen LogP contribution is -2.56. The van der Waals surface area contributed by atoms with Crippen molar-refractivity contribution in [3.05, 3.63) is 65.7 Å². The monoisotopic (exact) mass is 483 g/mol. The standard InChI is InChI=1S/C26H33N3O6/c1-26(2,3)35-24(32)27-22(17-19-9-11-21(30)12-10-19)23(31)28-13-15-29(16-14-28)25(33)34-18-20-7-5-4-6-8-20/h4-12,22,30H,13-18H2,1-3H3,(H,27,32)/t22-/m0/s1. The van der Waals surface area contributed by atoms with Gasteiger partial charge in [0.15, 0.2) is 0 Å². The third-order valence-electron chi connectivity index (χ3n) is 5.42. The van der Waals surface area contributed by atoms with Crippen LogP contribution in [0.5, 0.6) is 5.75 Å². The highest BCUT2D eigenvalue weighted by atomic mass is 16.6. The first-order valence-corrected chi connectivity index (χ1v) is 11.6. The smallest absolute Gasteiger partial charge is 0.410 e. The molecule has 1 heterocycles. The van der Waals surface area contributed by atoms with E-state index in [4.69, 9.17) is 9.47 Å². The number of carbonyl (C=O) groups excluding carboxylic acids is 3. The highest BCUT2D eigenvalue weighted by Crippen LogP contribution is 2.15. The SMILES string of the molecule is CC(C)(C)OC(=O)N[C@@H](Cc1ccc(O)cc1)C(=O)N1CCN(C(=O)OCc2ccccc2)CC1. The summed E-state index contributed by atoms with van der Waals surface area (Å²) < 4.78 is 10.7. The van der Waals surface area contributed by atoms with E-state index in [0.717, 1.165) is 11.1 Å². The normalized spacial score (nSPS) is 14.7. The minimum Gasteiger partial charge on any atom is -0.508 e. The number of amides is 3. The lowest BCUT2D eigenvalue weighted by molar-refractivity contribution is -0.135. The number of nitrogens with one attached hydrogen (secondary N) is 1. The fourth-order valence-corrected chi connectivity index (χ4v) is 3.66. The molecule has 0 radical (unpaired) electrons. The minimum absolute atomic E-state index is 0.118. The molecule has 35 heavy (non-hydrogen) atoms. The van der Waals surface area contributed by atoms with Gasteiger partial charge in [0.05, 0.1) is 0 Å². The Morgan fingerprint density at radius 3 is 2.11 bits per heavy atom. The van der Waals surface area contributed by atoms with Gasteiger partial charge in [0.2, 0.25) is 5.91 Å². The molecule has 1 aliphatic rings. The summed E-state index contributed by atoms with van der Waals surface area (Å²) in [7, 11) is 0. The Labute approximate surface area is 205 Å².